The van der Waals surface area contributed by atoms with Crippen LogP contribution in [0.4, 0.5) is 0 Å². The lowest BCUT2D eigenvalue weighted by Crippen LogP contribution is -2.15. The Kier molecular flexibility index (Phi) is 2.66. The number of rotatable bonds is 3. The Morgan fingerprint density at radius 1 is 1.67 bits per heavy atom. The first kappa shape index (κ1) is 8.55. The lowest BCUT2D eigenvalue weighted by atomic mass is 10.2. The van der Waals surface area contributed by atoms with Crippen LogP contribution < -0.4 is 5.73 Å². The van der Waals surface area contributed by atoms with Gasteiger partial charge in [-0.25, -0.2) is 0 Å². The van der Waals surface area contributed by atoms with Crippen LogP contribution >= 0.6 is 0 Å². The average molecular weight is 164 g/mol. The third-order valence-corrected chi connectivity index (χ3v) is 1.39. The smallest absolute Gasteiger partial charge is 0.194 e. The van der Waals surface area contributed by atoms with E-state index in [4.69, 9.17) is 5.73 Å². The minimum absolute atomic E-state index is 0.0880. The van der Waals surface area contributed by atoms with Crippen LogP contribution in [0.25, 0.3) is 0 Å². The van der Waals surface area contributed by atoms with Gasteiger partial charge in [-0.05, 0) is 12.1 Å². The van der Waals surface area contributed by atoms with E-state index < -0.39 is 0 Å². The molecule has 0 aromatic carbocycles. The Hall–Kier alpha value is -1.55. The number of nitrogens with two attached hydrogens (primary N) is 1. The van der Waals surface area contributed by atoms with Crippen molar-refractivity contribution in [1.29, 1.82) is 0 Å². The van der Waals surface area contributed by atoms with Crippen molar-refractivity contribution >= 4 is 12.1 Å². The fourth-order valence-corrected chi connectivity index (χ4v) is 0.777. The highest BCUT2D eigenvalue weighted by Crippen LogP contribution is 1.99. The first-order valence-corrected chi connectivity index (χ1v) is 3.42. The van der Waals surface area contributed by atoms with Gasteiger partial charge in [-0.1, -0.05) is 0 Å². The molecule has 4 nitrogen and oxygen atoms in total. The Morgan fingerprint density at radius 2 is 2.42 bits per heavy atom. The van der Waals surface area contributed by atoms with Crippen molar-refractivity contribution in [3.8, 4) is 0 Å². The van der Waals surface area contributed by atoms with E-state index in [2.05, 4.69) is 4.98 Å². The molecule has 0 fully saturated rings. The molecule has 0 amide bonds. The van der Waals surface area contributed by atoms with Crippen LogP contribution in [-0.4, -0.2) is 23.6 Å². The van der Waals surface area contributed by atoms with Gasteiger partial charge in [0.15, 0.2) is 5.78 Å². The molecule has 2 N–H and O–H groups in total. The number of nitrogens with zero attached hydrogens (tertiary/aromatic N) is 1. The minimum Gasteiger partial charge on any atom is -0.324 e. The quantitative estimate of drug-likeness (QED) is 0.505. The first-order chi connectivity index (χ1) is 5.77. The molecule has 0 aliphatic carbocycles. The van der Waals surface area contributed by atoms with E-state index in [0.717, 1.165) is 0 Å². The summed E-state index contributed by atoms with van der Waals surface area (Å²) in [4.78, 5) is 25.0. The van der Waals surface area contributed by atoms with Crippen LogP contribution in [-0.2, 0) is 0 Å². The molecule has 0 aliphatic heterocycles. The summed E-state index contributed by atoms with van der Waals surface area (Å²) < 4.78 is 0. The van der Waals surface area contributed by atoms with Crippen molar-refractivity contribution < 1.29 is 9.59 Å². The number of ketones is 1. The number of pyridine rings is 1. The predicted octanol–water partition coefficient (Wildman–Crippen LogP) is 0.0355. The summed E-state index contributed by atoms with van der Waals surface area (Å²) in [7, 11) is 0. The molecule has 0 saturated heterocycles. The lowest BCUT2D eigenvalue weighted by molar-refractivity contribution is 0.0996. The second kappa shape index (κ2) is 3.73. The number of carbonyl (C=O) groups excluding carboxylic acids is 2. The molecule has 1 rings (SSSR count). The summed E-state index contributed by atoms with van der Waals surface area (Å²) in [6.07, 6.45) is 2.07. The Labute approximate surface area is 69.4 Å². The van der Waals surface area contributed by atoms with Gasteiger partial charge in [-0.15, -0.1) is 0 Å². The number of carbonyl (C=O) groups is 2. The van der Waals surface area contributed by atoms with E-state index in [9.17, 15) is 9.59 Å². The third-order valence-electron chi connectivity index (χ3n) is 1.39. The molecule has 4 heteroatoms. The van der Waals surface area contributed by atoms with Crippen molar-refractivity contribution in [2.24, 2.45) is 5.73 Å². The largest absolute Gasteiger partial charge is 0.324 e. The topological polar surface area (TPSA) is 73.1 Å². The molecule has 0 bridgehead atoms. The van der Waals surface area contributed by atoms with Crippen molar-refractivity contribution in [3.63, 3.8) is 0 Å². The molecule has 0 aliphatic rings. The van der Waals surface area contributed by atoms with Crippen LogP contribution in [0.15, 0.2) is 18.3 Å². The van der Waals surface area contributed by atoms with Crippen LogP contribution in [0.3, 0.4) is 0 Å². The van der Waals surface area contributed by atoms with Gasteiger partial charge in [0.2, 0.25) is 0 Å². The molecule has 0 unspecified atom stereocenters. The van der Waals surface area contributed by atoms with Crippen molar-refractivity contribution in [2.45, 2.75) is 0 Å². The van der Waals surface area contributed by atoms with Crippen LogP contribution in [0.5, 0.6) is 0 Å². The number of aromatic nitrogens is 1. The fraction of sp³-hybridized carbons (Fsp3) is 0.125. The second-order valence-electron chi connectivity index (χ2n) is 2.22. The highest BCUT2D eigenvalue weighted by molar-refractivity contribution is 5.96. The average Bonchev–Trinajstić information content (AvgIpc) is 2.17. The SMILES string of the molecule is NCC(=O)c1cc(C=O)ccn1. The predicted molar refractivity (Wildman–Crippen MR) is 43.0 cm³/mol. The molecule has 62 valence electrons. The maximum Gasteiger partial charge on any atom is 0.194 e. The van der Waals surface area contributed by atoms with Gasteiger partial charge in [0.05, 0.1) is 6.54 Å². The summed E-state index contributed by atoms with van der Waals surface area (Å²) >= 11 is 0. The van der Waals surface area contributed by atoms with Crippen LogP contribution in [0, 0.1) is 0 Å². The molecule has 1 aromatic heterocycles. The molecule has 0 spiro atoms. The molecule has 12 heavy (non-hydrogen) atoms. The summed E-state index contributed by atoms with van der Waals surface area (Å²) in [6, 6.07) is 2.95. The zero-order chi connectivity index (χ0) is 8.97. The molecular formula is C8H8N2O2. The molecule has 0 atom stereocenters. The van der Waals surface area contributed by atoms with E-state index in [-0.39, 0.29) is 18.0 Å². The molecule has 1 aromatic rings. The Morgan fingerprint density at radius 3 is 3.00 bits per heavy atom. The highest BCUT2D eigenvalue weighted by Gasteiger charge is 2.04. The number of Topliss-reactive ketones (excluding diaryl/α,β-unsaturated/α-hetero) is 1. The standard InChI is InChI=1S/C8H8N2O2/c9-4-8(12)7-3-6(5-11)1-2-10-7/h1-3,5H,4,9H2. The van der Waals surface area contributed by atoms with Gasteiger partial charge in [0.1, 0.15) is 12.0 Å². The number of aldehydes is 1. The van der Waals surface area contributed by atoms with E-state index in [1.54, 1.807) is 0 Å². The van der Waals surface area contributed by atoms with Crippen molar-refractivity contribution in [2.75, 3.05) is 6.54 Å². The van der Waals surface area contributed by atoms with Crippen LogP contribution in [0.2, 0.25) is 0 Å². The molecule has 0 saturated carbocycles. The van der Waals surface area contributed by atoms with Gasteiger partial charge in [0, 0.05) is 11.8 Å². The normalized spacial score (nSPS) is 9.42. The molecular weight excluding hydrogens is 156 g/mol. The molecule has 0 radical (unpaired) electrons. The van der Waals surface area contributed by atoms with E-state index in [0.29, 0.717) is 11.8 Å². The zero-order valence-corrected chi connectivity index (χ0v) is 6.36. The van der Waals surface area contributed by atoms with Gasteiger partial charge >= 0.3 is 0 Å². The van der Waals surface area contributed by atoms with Crippen molar-refractivity contribution in [3.05, 3.63) is 29.6 Å². The summed E-state index contributed by atoms with van der Waals surface area (Å²) in [5, 5.41) is 0. The lowest BCUT2D eigenvalue weighted by Gasteiger charge is -1.95. The fourth-order valence-electron chi connectivity index (χ4n) is 0.777. The van der Waals surface area contributed by atoms with Gasteiger partial charge in [-0.2, -0.15) is 0 Å². The van der Waals surface area contributed by atoms with Crippen LogP contribution in [0.1, 0.15) is 20.8 Å². The highest BCUT2D eigenvalue weighted by atomic mass is 16.1. The Balaban J connectivity index is 3.01. The van der Waals surface area contributed by atoms with Gasteiger partial charge in [0.25, 0.3) is 0 Å². The number of hydrogen-bond donors (Lipinski definition) is 1. The van der Waals surface area contributed by atoms with E-state index in [1.165, 1.54) is 18.3 Å². The maximum atomic E-state index is 11.0. The Bertz CT molecular complexity index is 310. The van der Waals surface area contributed by atoms with E-state index in [1.807, 2.05) is 0 Å². The summed E-state index contributed by atoms with van der Waals surface area (Å²) in [5.74, 6) is -0.265. The zero-order valence-electron chi connectivity index (χ0n) is 6.36. The van der Waals surface area contributed by atoms with E-state index >= 15 is 0 Å². The van der Waals surface area contributed by atoms with Gasteiger partial charge < -0.3 is 5.73 Å². The minimum atomic E-state index is -0.265. The monoisotopic (exact) mass is 164 g/mol. The summed E-state index contributed by atoms with van der Waals surface area (Å²) in [5.41, 5.74) is 5.79. The second-order valence-corrected chi connectivity index (χ2v) is 2.22. The first-order valence-electron chi connectivity index (χ1n) is 3.42. The summed E-state index contributed by atoms with van der Waals surface area (Å²) in [6.45, 7) is -0.0880. The van der Waals surface area contributed by atoms with Gasteiger partial charge in [-0.3, -0.25) is 14.6 Å². The van der Waals surface area contributed by atoms with Crippen molar-refractivity contribution in [1.82, 2.24) is 4.98 Å². The number of hydrogen-bond acceptors (Lipinski definition) is 4. The third kappa shape index (κ3) is 1.73. The molecule has 1 heterocycles. The maximum absolute atomic E-state index is 11.0.